The van der Waals surface area contributed by atoms with Crippen LogP contribution in [0.5, 0.6) is 0 Å². The summed E-state index contributed by atoms with van der Waals surface area (Å²) in [6, 6.07) is 5.39. The molecule has 2 heterocycles. The van der Waals surface area contributed by atoms with Crippen LogP contribution in [-0.4, -0.2) is 73.6 Å². The third-order valence-electron chi connectivity index (χ3n) is 5.12. The quantitative estimate of drug-likeness (QED) is 0.714. The summed E-state index contributed by atoms with van der Waals surface area (Å²) < 4.78 is 36.1. The Labute approximate surface area is 152 Å². The van der Waals surface area contributed by atoms with Crippen molar-refractivity contribution in [2.45, 2.75) is 25.3 Å². The highest BCUT2D eigenvalue weighted by atomic mass is 32.2. The molecule has 0 aromatic heterocycles. The van der Waals surface area contributed by atoms with Crippen LogP contribution in [0.15, 0.2) is 24.3 Å². The number of sulfone groups is 1. The molecule has 0 bridgehead atoms. The summed E-state index contributed by atoms with van der Waals surface area (Å²) in [5.74, 6) is -0.173. The third kappa shape index (κ3) is 4.67. The van der Waals surface area contributed by atoms with Crippen LogP contribution < -0.4 is 0 Å². The highest BCUT2D eigenvalue weighted by Crippen LogP contribution is 2.19. The van der Waals surface area contributed by atoms with Crippen LogP contribution in [0, 0.1) is 5.82 Å². The maximum absolute atomic E-state index is 12.9. The maximum Gasteiger partial charge on any atom is 0.223 e. The Morgan fingerprint density at radius 1 is 1.04 bits per heavy atom. The minimum absolute atomic E-state index is 0.0669. The summed E-state index contributed by atoms with van der Waals surface area (Å²) in [6.07, 6.45) is 0.905. The average molecular weight is 382 g/mol. The van der Waals surface area contributed by atoms with E-state index in [9.17, 15) is 22.4 Å². The van der Waals surface area contributed by atoms with Gasteiger partial charge in [-0.1, -0.05) is 0 Å². The highest BCUT2D eigenvalue weighted by molar-refractivity contribution is 7.91. The van der Waals surface area contributed by atoms with Crippen LogP contribution in [0.2, 0.25) is 0 Å². The van der Waals surface area contributed by atoms with Crippen LogP contribution in [0.25, 0.3) is 0 Å². The molecule has 0 aliphatic carbocycles. The van der Waals surface area contributed by atoms with Gasteiger partial charge in [-0.3, -0.25) is 14.5 Å². The van der Waals surface area contributed by atoms with Gasteiger partial charge < -0.3 is 4.90 Å². The van der Waals surface area contributed by atoms with E-state index in [2.05, 4.69) is 4.90 Å². The number of Topliss-reactive ketones (excluding diaryl/α,β-unsaturated/α-hetero) is 1. The first kappa shape index (κ1) is 19.0. The fourth-order valence-corrected chi connectivity index (χ4v) is 5.32. The van der Waals surface area contributed by atoms with E-state index < -0.39 is 15.7 Å². The number of halogens is 1. The predicted octanol–water partition coefficient (Wildman–Crippen LogP) is 1.12. The standard InChI is InChI=1S/C18H23FN2O4S/c19-15-3-1-14(2-4-15)17(22)5-6-18(23)21-10-8-20(9-11-21)16-7-12-26(24,25)13-16/h1-4,16H,5-13H2/t16-/m0/s1. The molecular formula is C18H23FN2O4S. The number of hydrogen-bond acceptors (Lipinski definition) is 5. The average Bonchev–Trinajstić information content (AvgIpc) is 3.00. The van der Waals surface area contributed by atoms with Crippen LogP contribution in [0.3, 0.4) is 0 Å². The molecular weight excluding hydrogens is 359 g/mol. The minimum atomic E-state index is -2.91. The predicted molar refractivity (Wildman–Crippen MR) is 95.2 cm³/mol. The van der Waals surface area contributed by atoms with Gasteiger partial charge in [0, 0.05) is 50.6 Å². The maximum atomic E-state index is 12.9. The molecule has 6 nitrogen and oxygen atoms in total. The zero-order chi connectivity index (χ0) is 18.7. The smallest absolute Gasteiger partial charge is 0.223 e. The van der Waals surface area contributed by atoms with Gasteiger partial charge in [0.2, 0.25) is 5.91 Å². The van der Waals surface area contributed by atoms with Gasteiger partial charge in [0.1, 0.15) is 5.82 Å². The molecule has 2 saturated heterocycles. The number of carbonyl (C=O) groups is 2. The van der Waals surface area contributed by atoms with Crippen LogP contribution >= 0.6 is 0 Å². The van der Waals surface area contributed by atoms with E-state index in [0.29, 0.717) is 38.2 Å². The fraction of sp³-hybridized carbons (Fsp3) is 0.556. The largest absolute Gasteiger partial charge is 0.340 e. The number of ketones is 1. The second-order valence-corrected chi connectivity index (χ2v) is 9.13. The van der Waals surface area contributed by atoms with Gasteiger partial charge >= 0.3 is 0 Å². The molecule has 0 saturated carbocycles. The number of amides is 1. The second-order valence-electron chi connectivity index (χ2n) is 6.90. The first-order chi connectivity index (χ1) is 12.3. The molecule has 1 aromatic carbocycles. The van der Waals surface area contributed by atoms with Crippen molar-refractivity contribution in [2.24, 2.45) is 0 Å². The van der Waals surface area contributed by atoms with Crippen molar-refractivity contribution in [3.8, 4) is 0 Å². The second kappa shape index (κ2) is 7.84. The Bertz CT molecular complexity index is 771. The zero-order valence-electron chi connectivity index (χ0n) is 14.6. The van der Waals surface area contributed by atoms with Gasteiger partial charge in [0.05, 0.1) is 11.5 Å². The number of carbonyl (C=O) groups excluding carboxylic acids is 2. The van der Waals surface area contributed by atoms with E-state index in [1.807, 2.05) is 0 Å². The van der Waals surface area contributed by atoms with Gasteiger partial charge in [-0.2, -0.15) is 0 Å². The normalized spacial score (nSPS) is 23.1. The van der Waals surface area contributed by atoms with Gasteiger partial charge in [-0.25, -0.2) is 12.8 Å². The molecule has 3 rings (SSSR count). The summed E-state index contributed by atoms with van der Waals surface area (Å²) in [4.78, 5) is 28.3. The molecule has 8 heteroatoms. The summed E-state index contributed by atoms with van der Waals surface area (Å²) >= 11 is 0. The van der Waals surface area contributed by atoms with Crippen molar-refractivity contribution in [1.82, 2.24) is 9.80 Å². The van der Waals surface area contributed by atoms with E-state index in [1.165, 1.54) is 24.3 Å². The lowest BCUT2D eigenvalue weighted by Crippen LogP contribution is -2.52. The van der Waals surface area contributed by atoms with Gasteiger partial charge in [-0.15, -0.1) is 0 Å². The van der Waals surface area contributed by atoms with Gasteiger partial charge in [0.15, 0.2) is 15.6 Å². The summed E-state index contributed by atoms with van der Waals surface area (Å²) in [5.41, 5.74) is 0.409. The minimum Gasteiger partial charge on any atom is -0.340 e. The van der Waals surface area contributed by atoms with E-state index in [4.69, 9.17) is 0 Å². The van der Waals surface area contributed by atoms with Crippen molar-refractivity contribution < 1.29 is 22.4 Å². The molecule has 1 amide bonds. The van der Waals surface area contributed by atoms with Crippen LogP contribution in [0.1, 0.15) is 29.6 Å². The molecule has 2 aliphatic rings. The first-order valence-electron chi connectivity index (χ1n) is 8.85. The lowest BCUT2D eigenvalue weighted by atomic mass is 10.1. The molecule has 0 unspecified atom stereocenters. The Hall–Kier alpha value is -1.80. The van der Waals surface area contributed by atoms with Crippen molar-refractivity contribution in [2.75, 3.05) is 37.7 Å². The van der Waals surface area contributed by atoms with Crippen molar-refractivity contribution >= 4 is 21.5 Å². The van der Waals surface area contributed by atoms with E-state index >= 15 is 0 Å². The number of nitrogens with zero attached hydrogens (tertiary/aromatic N) is 2. The molecule has 142 valence electrons. The molecule has 0 radical (unpaired) electrons. The van der Waals surface area contributed by atoms with E-state index in [0.717, 1.165) is 0 Å². The Morgan fingerprint density at radius 3 is 2.27 bits per heavy atom. The SMILES string of the molecule is O=C(CCC(=O)N1CCN([C@H]2CCS(=O)(=O)C2)CC1)c1ccc(F)cc1. The first-order valence-corrected chi connectivity index (χ1v) is 10.7. The number of piperazine rings is 1. The number of benzene rings is 1. The summed E-state index contributed by atoms with van der Waals surface area (Å²) in [6.45, 7) is 2.44. The van der Waals surface area contributed by atoms with Crippen LogP contribution in [-0.2, 0) is 14.6 Å². The molecule has 26 heavy (non-hydrogen) atoms. The molecule has 2 aliphatic heterocycles. The third-order valence-corrected chi connectivity index (χ3v) is 6.87. The lowest BCUT2D eigenvalue weighted by molar-refractivity contribution is -0.133. The summed E-state index contributed by atoms with van der Waals surface area (Å²) in [7, 11) is -2.91. The Kier molecular flexibility index (Phi) is 5.72. The Morgan fingerprint density at radius 2 is 1.69 bits per heavy atom. The molecule has 1 aromatic rings. The van der Waals surface area contributed by atoms with Crippen molar-refractivity contribution in [3.63, 3.8) is 0 Å². The lowest BCUT2D eigenvalue weighted by Gasteiger charge is -2.37. The van der Waals surface area contributed by atoms with E-state index in [-0.39, 0.29) is 42.1 Å². The monoisotopic (exact) mass is 382 g/mol. The zero-order valence-corrected chi connectivity index (χ0v) is 15.4. The van der Waals surface area contributed by atoms with Crippen molar-refractivity contribution in [3.05, 3.63) is 35.6 Å². The van der Waals surface area contributed by atoms with E-state index in [1.54, 1.807) is 4.90 Å². The van der Waals surface area contributed by atoms with Crippen molar-refractivity contribution in [1.29, 1.82) is 0 Å². The van der Waals surface area contributed by atoms with Gasteiger partial charge in [0.25, 0.3) is 0 Å². The number of hydrogen-bond donors (Lipinski definition) is 0. The molecule has 0 N–H and O–H groups in total. The Balaban J connectivity index is 1.44. The molecule has 0 spiro atoms. The van der Waals surface area contributed by atoms with Crippen LogP contribution in [0.4, 0.5) is 4.39 Å². The molecule has 1 atom stereocenters. The highest BCUT2D eigenvalue weighted by Gasteiger charge is 2.34. The topological polar surface area (TPSA) is 74.8 Å². The summed E-state index contributed by atoms with van der Waals surface area (Å²) in [5, 5.41) is 0. The number of rotatable bonds is 5. The fourth-order valence-electron chi connectivity index (χ4n) is 3.56. The molecule has 2 fully saturated rings. The van der Waals surface area contributed by atoms with Gasteiger partial charge in [-0.05, 0) is 30.7 Å².